The van der Waals surface area contributed by atoms with Gasteiger partial charge in [0.1, 0.15) is 11.1 Å². The fraction of sp³-hybridized carbons (Fsp3) is 0.250. The summed E-state index contributed by atoms with van der Waals surface area (Å²) in [4.78, 5) is 45.4. The van der Waals surface area contributed by atoms with Crippen LogP contribution in [0.5, 0.6) is 0 Å². The third-order valence-electron chi connectivity index (χ3n) is 6.90. The molecule has 0 bridgehead atoms. The van der Waals surface area contributed by atoms with E-state index in [1.54, 1.807) is 30.3 Å². The summed E-state index contributed by atoms with van der Waals surface area (Å²) in [6.45, 7) is 7.47. The van der Waals surface area contributed by atoms with Crippen molar-refractivity contribution in [3.05, 3.63) is 104 Å². The molecule has 3 aromatic carbocycles. The van der Waals surface area contributed by atoms with E-state index in [2.05, 4.69) is 0 Å². The van der Waals surface area contributed by atoms with E-state index >= 15 is 0 Å². The summed E-state index contributed by atoms with van der Waals surface area (Å²) >= 11 is 0. The van der Waals surface area contributed by atoms with Crippen molar-refractivity contribution in [3.63, 3.8) is 0 Å². The Bertz CT molecular complexity index is 1330. The predicted octanol–water partition coefficient (Wildman–Crippen LogP) is 3.69. The van der Waals surface area contributed by atoms with Gasteiger partial charge in [0.25, 0.3) is 22.7 Å². The van der Waals surface area contributed by atoms with E-state index in [0.717, 1.165) is 0 Å². The largest absolute Gasteiger partial charge is 0.281 e. The van der Waals surface area contributed by atoms with Gasteiger partial charge in [-0.05, 0) is 52.5 Å². The zero-order chi connectivity index (χ0) is 27.9. The zero-order valence-electron chi connectivity index (χ0n) is 21.0. The average molecular weight is 506 g/mol. The second-order valence-electron chi connectivity index (χ2n) is 8.84. The number of rotatable bonds is 7. The molecule has 0 amide bonds. The highest BCUT2D eigenvalue weighted by Gasteiger charge is 2.41. The van der Waals surface area contributed by atoms with Crippen LogP contribution in [0.1, 0.15) is 33.4 Å². The first-order valence-corrected chi connectivity index (χ1v) is 11.1. The fourth-order valence-corrected chi connectivity index (χ4v) is 5.51. The molecule has 13 heteroatoms. The lowest BCUT2D eigenvalue weighted by molar-refractivity contribution is -0.395. The maximum absolute atomic E-state index is 12.0. The topological polar surface area (TPSA) is 173 Å². The van der Waals surface area contributed by atoms with Crippen molar-refractivity contribution in [2.24, 2.45) is 0 Å². The van der Waals surface area contributed by atoms with Crippen LogP contribution in [0.2, 0.25) is 0 Å². The summed E-state index contributed by atoms with van der Waals surface area (Å²) in [7, 11) is 0. The Morgan fingerprint density at radius 2 is 0.757 bits per heavy atom. The second-order valence-corrected chi connectivity index (χ2v) is 8.84. The summed E-state index contributed by atoms with van der Waals surface area (Å²) in [5.74, 6) is 0. The summed E-state index contributed by atoms with van der Waals surface area (Å²) in [6, 6.07) is 8.45. The van der Waals surface area contributed by atoms with Crippen LogP contribution >= 0.6 is 0 Å². The molecule has 0 saturated heterocycles. The van der Waals surface area contributed by atoms with Crippen LogP contribution in [0, 0.1) is 82.0 Å². The molecule has 0 saturated carbocycles. The number of nitrogens with zero attached hydrogens (tertiary/aromatic N) is 4. The van der Waals surface area contributed by atoms with Crippen molar-refractivity contribution in [1.29, 1.82) is 0 Å². The van der Waals surface area contributed by atoms with E-state index in [0.29, 0.717) is 5.46 Å². The van der Waals surface area contributed by atoms with Crippen LogP contribution in [0.4, 0.5) is 22.7 Å². The minimum Gasteiger partial charge on any atom is -0.258 e. The molecular weight excluding hydrogens is 483 g/mol. The molecule has 0 radical (unpaired) electrons. The van der Waals surface area contributed by atoms with Gasteiger partial charge in [0.2, 0.25) is 6.71 Å². The van der Waals surface area contributed by atoms with Crippen LogP contribution in [0.3, 0.4) is 0 Å². The molecule has 0 fully saturated rings. The Labute approximate surface area is 211 Å². The molecule has 0 aliphatic carbocycles. The van der Waals surface area contributed by atoms with Crippen LogP contribution in [0.15, 0.2) is 30.3 Å². The molecule has 0 unspecified atom stereocenters. The molecule has 3 rings (SSSR count). The van der Waals surface area contributed by atoms with Gasteiger partial charge < -0.3 is 0 Å². The lowest BCUT2D eigenvalue weighted by Gasteiger charge is -2.24. The summed E-state index contributed by atoms with van der Waals surface area (Å²) < 4.78 is 0. The van der Waals surface area contributed by atoms with Gasteiger partial charge in [-0.3, -0.25) is 40.5 Å². The smallest absolute Gasteiger partial charge is 0.258 e. The van der Waals surface area contributed by atoms with Gasteiger partial charge >= 0.3 is 0 Å². The molecule has 0 aliphatic heterocycles. The Hall–Kier alpha value is -4.68. The van der Waals surface area contributed by atoms with Gasteiger partial charge in [-0.15, -0.1) is 0 Å². The van der Waals surface area contributed by atoms with E-state index < -0.39 is 49.2 Å². The second kappa shape index (κ2) is 9.76. The SMILES string of the molecule is Cc1c(B(c2ccccc2)c2c(C)c([N+](=O)[O-])c(C)c([N+](=O)[O-])c2C)c(C)c([N+](=O)[O-])c(C)c1[N+](=O)[O-]. The summed E-state index contributed by atoms with van der Waals surface area (Å²) in [5.41, 5.74) is -0.521. The van der Waals surface area contributed by atoms with Gasteiger partial charge in [0, 0.05) is 22.3 Å². The van der Waals surface area contributed by atoms with E-state index in [-0.39, 0.29) is 44.3 Å². The number of hydrogen-bond donors (Lipinski definition) is 0. The van der Waals surface area contributed by atoms with Crippen LogP contribution in [-0.4, -0.2) is 26.4 Å². The van der Waals surface area contributed by atoms with Crippen LogP contribution in [-0.2, 0) is 0 Å². The molecule has 3 aromatic rings. The molecule has 37 heavy (non-hydrogen) atoms. The van der Waals surface area contributed by atoms with Crippen molar-refractivity contribution in [3.8, 4) is 0 Å². The number of hydrogen-bond acceptors (Lipinski definition) is 8. The molecule has 0 N–H and O–H groups in total. The van der Waals surface area contributed by atoms with E-state index in [1.807, 2.05) is 0 Å². The van der Waals surface area contributed by atoms with Gasteiger partial charge in [-0.1, -0.05) is 35.8 Å². The Morgan fingerprint density at radius 1 is 0.486 bits per heavy atom. The minimum absolute atomic E-state index is 0.116. The number of benzene rings is 3. The highest BCUT2D eigenvalue weighted by molar-refractivity contribution is 6.96. The van der Waals surface area contributed by atoms with E-state index in [1.165, 1.54) is 41.5 Å². The first-order chi connectivity index (χ1) is 17.2. The first-order valence-electron chi connectivity index (χ1n) is 11.1. The predicted molar refractivity (Wildman–Crippen MR) is 139 cm³/mol. The third-order valence-corrected chi connectivity index (χ3v) is 6.90. The third kappa shape index (κ3) is 4.28. The molecule has 0 atom stereocenters. The van der Waals surface area contributed by atoms with Gasteiger partial charge in [0.15, 0.2) is 0 Å². The molecule has 0 aromatic heterocycles. The molecule has 12 nitrogen and oxygen atoms in total. The van der Waals surface area contributed by atoms with Gasteiger partial charge in [-0.25, -0.2) is 0 Å². The van der Waals surface area contributed by atoms with Crippen LogP contribution < -0.4 is 16.4 Å². The van der Waals surface area contributed by atoms with Crippen molar-refractivity contribution in [1.82, 2.24) is 0 Å². The summed E-state index contributed by atoms with van der Waals surface area (Å²) in [6.07, 6.45) is 0. The number of nitro groups is 4. The molecule has 0 aliphatic rings. The molecule has 0 spiro atoms. The quantitative estimate of drug-likeness (QED) is 0.265. The Morgan fingerprint density at radius 3 is 1.00 bits per heavy atom. The average Bonchev–Trinajstić information content (AvgIpc) is 2.77. The van der Waals surface area contributed by atoms with Crippen molar-refractivity contribution in [2.75, 3.05) is 0 Å². The molecule has 190 valence electrons. The summed E-state index contributed by atoms with van der Waals surface area (Å²) in [5, 5.41) is 48.2. The number of nitro benzene ring substituents is 4. The Kier molecular flexibility index (Phi) is 7.10. The highest BCUT2D eigenvalue weighted by Crippen LogP contribution is 2.36. The van der Waals surface area contributed by atoms with Crippen molar-refractivity contribution in [2.45, 2.75) is 41.5 Å². The Balaban J connectivity index is 2.69. The lowest BCUT2D eigenvalue weighted by atomic mass is 9.34. The van der Waals surface area contributed by atoms with Gasteiger partial charge in [-0.2, -0.15) is 0 Å². The molecular formula is C24H23BN4O8. The highest BCUT2D eigenvalue weighted by atomic mass is 16.6. The monoisotopic (exact) mass is 506 g/mol. The maximum Gasteiger partial charge on any atom is 0.281 e. The minimum atomic E-state index is -1.00. The van der Waals surface area contributed by atoms with E-state index in [4.69, 9.17) is 0 Å². The van der Waals surface area contributed by atoms with Crippen molar-refractivity contribution >= 4 is 45.9 Å². The molecule has 0 heterocycles. The standard InChI is InChI=1S/C24H23BN4O8/c1-12-19(13(2)22(27(32)33)16(5)21(12)26(30)31)25(18-10-8-7-9-11-18)20-14(3)23(28(34)35)17(6)24(15(20)4)29(36)37/h7-11H,1-6H3. The van der Waals surface area contributed by atoms with Crippen LogP contribution in [0.25, 0.3) is 0 Å². The maximum atomic E-state index is 12.0. The van der Waals surface area contributed by atoms with Crippen molar-refractivity contribution < 1.29 is 19.7 Å². The van der Waals surface area contributed by atoms with E-state index in [9.17, 15) is 40.5 Å². The first kappa shape index (κ1) is 26.9. The normalized spacial score (nSPS) is 10.8. The lowest BCUT2D eigenvalue weighted by Crippen LogP contribution is -2.56. The van der Waals surface area contributed by atoms with Gasteiger partial charge in [0.05, 0.1) is 19.7 Å². The zero-order valence-corrected chi connectivity index (χ0v) is 21.0. The fourth-order valence-electron chi connectivity index (χ4n) is 5.51.